The number of hydrogen-bond acceptors (Lipinski definition) is 6. The molecule has 482 valence electrons. The fraction of sp³-hybridized carbons (Fsp3) is 0.882. The highest BCUT2D eigenvalue weighted by Gasteiger charge is 2.19. The molecule has 0 heterocycles. The summed E-state index contributed by atoms with van der Waals surface area (Å²) in [6.07, 6.45) is 89.5. The number of unbranched alkanes of at least 4 members (excludes halogenated alkanes) is 52. The van der Waals surface area contributed by atoms with Crippen LogP contribution in [0.5, 0.6) is 0 Å². The van der Waals surface area contributed by atoms with Gasteiger partial charge in [-0.05, 0) is 77.0 Å². The molecule has 0 saturated heterocycles. The first-order chi connectivity index (χ1) is 40.5. The molecule has 0 aliphatic heterocycles. The standard InChI is InChI=1S/C76H142O6/c1-4-7-10-13-16-18-20-22-24-26-28-30-32-34-35-36-37-38-39-40-41-43-44-46-48-50-52-54-56-58-60-63-66-69-75(78)81-72-73(71-80-74(77)68-65-62-15-12-9-6-3)82-76(79)70-67-64-61-59-57-55-53-51-49-47-45-42-33-31-29-27-25-23-21-19-17-14-11-8-5-2/h20,22,26-29,73H,4-19,21,23-25,30-72H2,1-3H3/b22-20-,28-26-,29-27-. The Bertz CT molecular complexity index is 1370. The van der Waals surface area contributed by atoms with Crippen LogP contribution in [0.25, 0.3) is 0 Å². The molecule has 0 amide bonds. The molecule has 0 radical (unpaired) electrons. The molecule has 82 heavy (non-hydrogen) atoms. The van der Waals surface area contributed by atoms with E-state index in [4.69, 9.17) is 14.2 Å². The molecule has 0 spiro atoms. The van der Waals surface area contributed by atoms with Crippen molar-refractivity contribution >= 4 is 17.9 Å². The summed E-state index contributed by atoms with van der Waals surface area (Å²) in [6, 6.07) is 0. The summed E-state index contributed by atoms with van der Waals surface area (Å²) in [7, 11) is 0. The zero-order valence-electron chi connectivity index (χ0n) is 55.5. The van der Waals surface area contributed by atoms with Crippen LogP contribution in [0.15, 0.2) is 36.5 Å². The molecule has 0 saturated carbocycles. The summed E-state index contributed by atoms with van der Waals surface area (Å²) < 4.78 is 16.9. The molecular formula is C76H142O6. The minimum Gasteiger partial charge on any atom is -0.462 e. The molecule has 1 atom stereocenters. The Morgan fingerprint density at radius 2 is 0.439 bits per heavy atom. The number of allylic oxidation sites excluding steroid dienone is 6. The van der Waals surface area contributed by atoms with E-state index in [-0.39, 0.29) is 31.1 Å². The largest absolute Gasteiger partial charge is 0.462 e. The lowest BCUT2D eigenvalue weighted by molar-refractivity contribution is -0.167. The van der Waals surface area contributed by atoms with E-state index < -0.39 is 6.10 Å². The number of hydrogen-bond donors (Lipinski definition) is 0. The van der Waals surface area contributed by atoms with Crippen LogP contribution < -0.4 is 0 Å². The van der Waals surface area contributed by atoms with Crippen molar-refractivity contribution in [3.8, 4) is 0 Å². The average Bonchev–Trinajstić information content (AvgIpc) is 3.47. The van der Waals surface area contributed by atoms with Gasteiger partial charge in [0.2, 0.25) is 0 Å². The third-order valence-corrected chi connectivity index (χ3v) is 16.9. The number of esters is 3. The van der Waals surface area contributed by atoms with Gasteiger partial charge in [0.15, 0.2) is 6.10 Å². The summed E-state index contributed by atoms with van der Waals surface area (Å²) in [4.78, 5) is 38.1. The van der Waals surface area contributed by atoms with Gasteiger partial charge >= 0.3 is 17.9 Å². The average molecular weight is 1150 g/mol. The maximum absolute atomic E-state index is 12.9. The van der Waals surface area contributed by atoms with Crippen LogP contribution in [0.3, 0.4) is 0 Å². The van der Waals surface area contributed by atoms with E-state index in [1.54, 1.807) is 0 Å². The summed E-state index contributed by atoms with van der Waals surface area (Å²) in [5.41, 5.74) is 0. The molecule has 0 aromatic carbocycles. The molecular weight excluding hydrogens is 1010 g/mol. The molecule has 0 aliphatic rings. The quantitative estimate of drug-likeness (QED) is 0.0261. The van der Waals surface area contributed by atoms with Crippen molar-refractivity contribution in [3.63, 3.8) is 0 Å². The van der Waals surface area contributed by atoms with E-state index in [2.05, 4.69) is 57.2 Å². The Hall–Kier alpha value is -2.37. The van der Waals surface area contributed by atoms with Crippen molar-refractivity contribution in [2.24, 2.45) is 0 Å². The van der Waals surface area contributed by atoms with Gasteiger partial charge in [0.25, 0.3) is 0 Å². The highest BCUT2D eigenvalue weighted by Crippen LogP contribution is 2.19. The van der Waals surface area contributed by atoms with Gasteiger partial charge in [-0.3, -0.25) is 14.4 Å². The third kappa shape index (κ3) is 68.4. The van der Waals surface area contributed by atoms with Crippen molar-refractivity contribution in [1.82, 2.24) is 0 Å². The number of rotatable bonds is 69. The molecule has 6 nitrogen and oxygen atoms in total. The monoisotopic (exact) mass is 1150 g/mol. The lowest BCUT2D eigenvalue weighted by atomic mass is 10.0. The van der Waals surface area contributed by atoms with Crippen LogP contribution in [0, 0.1) is 0 Å². The molecule has 0 aromatic heterocycles. The van der Waals surface area contributed by atoms with Crippen LogP contribution in [-0.4, -0.2) is 37.2 Å². The summed E-state index contributed by atoms with van der Waals surface area (Å²) in [5.74, 6) is -0.848. The van der Waals surface area contributed by atoms with Gasteiger partial charge in [-0.1, -0.05) is 353 Å². The Kier molecular flexibility index (Phi) is 69.1. The maximum Gasteiger partial charge on any atom is 0.306 e. The van der Waals surface area contributed by atoms with E-state index in [0.717, 1.165) is 64.2 Å². The van der Waals surface area contributed by atoms with Gasteiger partial charge in [-0.15, -0.1) is 0 Å². The SMILES string of the molecule is CCCCCCC/C=C\C/C=C\CCCCCCCCCCCCCCCCCCCCCCCC(=O)OCC(COC(=O)CCCCCCCC)OC(=O)CCCCCCCCCCCCCCC/C=C\CCCCCCCCCC. The van der Waals surface area contributed by atoms with Gasteiger partial charge in [0.1, 0.15) is 13.2 Å². The first-order valence-electron chi connectivity index (χ1n) is 37.0. The molecule has 0 N–H and O–H groups in total. The lowest BCUT2D eigenvalue weighted by Crippen LogP contribution is -2.30. The van der Waals surface area contributed by atoms with Crippen molar-refractivity contribution in [2.45, 2.75) is 419 Å². The molecule has 0 bridgehead atoms. The number of carbonyl (C=O) groups is 3. The Morgan fingerprint density at radius 3 is 0.683 bits per heavy atom. The zero-order chi connectivity index (χ0) is 59.2. The predicted octanol–water partition coefficient (Wildman–Crippen LogP) is 25.5. The van der Waals surface area contributed by atoms with Gasteiger partial charge in [-0.25, -0.2) is 0 Å². The van der Waals surface area contributed by atoms with Crippen LogP contribution >= 0.6 is 0 Å². The van der Waals surface area contributed by atoms with Gasteiger partial charge in [-0.2, -0.15) is 0 Å². The second kappa shape index (κ2) is 71.1. The van der Waals surface area contributed by atoms with Gasteiger partial charge in [0, 0.05) is 19.3 Å². The molecule has 0 rings (SSSR count). The van der Waals surface area contributed by atoms with Crippen LogP contribution in [0.1, 0.15) is 412 Å². The first kappa shape index (κ1) is 79.6. The van der Waals surface area contributed by atoms with Crippen molar-refractivity contribution in [2.75, 3.05) is 13.2 Å². The van der Waals surface area contributed by atoms with E-state index in [0.29, 0.717) is 19.3 Å². The van der Waals surface area contributed by atoms with Crippen LogP contribution in [0.2, 0.25) is 0 Å². The number of ether oxygens (including phenoxy) is 3. The fourth-order valence-corrected chi connectivity index (χ4v) is 11.3. The molecule has 6 heteroatoms. The summed E-state index contributed by atoms with van der Waals surface area (Å²) in [6.45, 7) is 6.64. The van der Waals surface area contributed by atoms with E-state index in [1.807, 2.05) is 0 Å². The Labute approximate surface area is 512 Å². The molecule has 1 unspecified atom stereocenters. The second-order valence-electron chi connectivity index (χ2n) is 25.2. The smallest absolute Gasteiger partial charge is 0.306 e. The third-order valence-electron chi connectivity index (χ3n) is 16.9. The Morgan fingerprint density at radius 1 is 0.244 bits per heavy atom. The molecule has 0 aliphatic carbocycles. The summed E-state index contributed by atoms with van der Waals surface area (Å²) in [5, 5.41) is 0. The predicted molar refractivity (Wildman–Crippen MR) is 358 cm³/mol. The highest BCUT2D eigenvalue weighted by molar-refractivity contribution is 5.71. The van der Waals surface area contributed by atoms with Crippen LogP contribution in [-0.2, 0) is 28.6 Å². The molecule has 0 aromatic rings. The normalized spacial score (nSPS) is 12.2. The summed E-state index contributed by atoms with van der Waals surface area (Å²) >= 11 is 0. The van der Waals surface area contributed by atoms with Crippen LogP contribution in [0.4, 0.5) is 0 Å². The minimum absolute atomic E-state index is 0.0663. The van der Waals surface area contributed by atoms with Crippen molar-refractivity contribution in [1.29, 1.82) is 0 Å². The molecule has 0 fully saturated rings. The van der Waals surface area contributed by atoms with Gasteiger partial charge in [0.05, 0.1) is 0 Å². The number of carbonyl (C=O) groups excluding carboxylic acids is 3. The van der Waals surface area contributed by atoms with E-state index >= 15 is 0 Å². The van der Waals surface area contributed by atoms with E-state index in [1.165, 1.54) is 308 Å². The maximum atomic E-state index is 12.9. The van der Waals surface area contributed by atoms with Crippen molar-refractivity contribution in [3.05, 3.63) is 36.5 Å². The second-order valence-corrected chi connectivity index (χ2v) is 25.2. The highest BCUT2D eigenvalue weighted by atomic mass is 16.6. The fourth-order valence-electron chi connectivity index (χ4n) is 11.3. The van der Waals surface area contributed by atoms with Gasteiger partial charge < -0.3 is 14.2 Å². The zero-order valence-corrected chi connectivity index (χ0v) is 55.5. The lowest BCUT2D eigenvalue weighted by Gasteiger charge is -2.18. The topological polar surface area (TPSA) is 78.9 Å². The first-order valence-corrected chi connectivity index (χ1v) is 37.0. The van der Waals surface area contributed by atoms with E-state index in [9.17, 15) is 14.4 Å². The van der Waals surface area contributed by atoms with Crippen molar-refractivity contribution < 1.29 is 28.6 Å². The Balaban J connectivity index is 3.93. The minimum atomic E-state index is -0.767.